The predicted molar refractivity (Wildman–Crippen MR) is 303 cm³/mol. The first kappa shape index (κ1) is 41.5. The Kier molecular flexibility index (Phi) is 8.88. The molecule has 348 valence electrons. The Labute approximate surface area is 419 Å². The van der Waals surface area contributed by atoms with Crippen molar-refractivity contribution in [1.82, 2.24) is 0 Å². The predicted octanol–water partition coefficient (Wildman–Crippen LogP) is 20.3. The number of furan rings is 4. The summed E-state index contributed by atoms with van der Waals surface area (Å²) in [5, 5.41) is 13.2. The molecule has 0 atom stereocenters. The standard InChI is InChI=1S/C67H46N2O4/c1-38(2)65-66-57(53-31-41-17-23-47(29-43(41)33-63(53)72-66)68(45-19-13-39(3)14-20-45)49-25-27-61-55(35-49)51-9-5-7-11-59(51)70-61)37-58-54-32-42-18-24-48(30-44(42)34-64(54)73-67(58)65)69(46-21-15-40(4)16-22-46)50-26-28-62-56(36-50)52-10-6-8-12-60(52)71-62/h5-38H,1-4H3. The molecular weight excluding hydrogens is 897 g/mol. The number of para-hydroxylation sites is 2. The lowest BCUT2D eigenvalue weighted by Gasteiger charge is -2.26. The van der Waals surface area contributed by atoms with E-state index in [2.05, 4.69) is 213 Å². The van der Waals surface area contributed by atoms with Crippen LogP contribution in [-0.2, 0) is 0 Å². The molecule has 73 heavy (non-hydrogen) atoms. The van der Waals surface area contributed by atoms with E-state index in [9.17, 15) is 0 Å². The third-order valence-electron chi connectivity index (χ3n) is 15.0. The van der Waals surface area contributed by atoms with Crippen LogP contribution in [0.4, 0.5) is 34.1 Å². The molecule has 0 bridgehead atoms. The van der Waals surface area contributed by atoms with Crippen LogP contribution in [-0.4, -0.2) is 0 Å². The summed E-state index contributed by atoms with van der Waals surface area (Å²) in [5.74, 6) is 0.134. The SMILES string of the molecule is Cc1ccc(N(c2ccc3cc4c(cc3c2)oc2c(C(C)C)c3oc5cc6cc(N(c7ccc(C)cc7)c7ccc8oc9ccccc9c8c7)ccc6cc5c3cc24)c2ccc3oc4ccccc4c3c2)cc1. The summed E-state index contributed by atoms with van der Waals surface area (Å²) in [4.78, 5) is 4.65. The highest BCUT2D eigenvalue weighted by Crippen LogP contribution is 2.47. The molecule has 4 aromatic heterocycles. The van der Waals surface area contributed by atoms with Crippen molar-refractivity contribution < 1.29 is 17.7 Å². The second-order valence-corrected chi connectivity index (χ2v) is 20.1. The number of nitrogens with zero attached hydrogens (tertiary/aromatic N) is 2. The molecule has 0 radical (unpaired) electrons. The first-order chi connectivity index (χ1) is 35.8. The maximum absolute atomic E-state index is 6.98. The molecule has 0 amide bonds. The van der Waals surface area contributed by atoms with Gasteiger partial charge in [0.05, 0.1) is 0 Å². The maximum Gasteiger partial charge on any atom is 0.142 e. The van der Waals surface area contributed by atoms with Gasteiger partial charge in [0.1, 0.15) is 44.7 Å². The van der Waals surface area contributed by atoms with Gasteiger partial charge in [-0.2, -0.15) is 0 Å². The number of hydrogen-bond acceptors (Lipinski definition) is 6. The summed E-state index contributed by atoms with van der Waals surface area (Å²) < 4.78 is 26.4. The van der Waals surface area contributed by atoms with Crippen LogP contribution in [0.2, 0.25) is 0 Å². The molecule has 0 N–H and O–H groups in total. The lowest BCUT2D eigenvalue weighted by atomic mass is 9.95. The third-order valence-corrected chi connectivity index (χ3v) is 15.0. The summed E-state index contributed by atoms with van der Waals surface area (Å²) >= 11 is 0. The number of hydrogen-bond donors (Lipinski definition) is 0. The van der Waals surface area contributed by atoms with Gasteiger partial charge in [-0.25, -0.2) is 0 Å². The zero-order valence-corrected chi connectivity index (χ0v) is 40.7. The van der Waals surface area contributed by atoms with Crippen molar-refractivity contribution >= 4 is 143 Å². The van der Waals surface area contributed by atoms with Crippen molar-refractivity contribution in [3.05, 3.63) is 217 Å². The minimum absolute atomic E-state index is 0.134. The van der Waals surface area contributed by atoms with Gasteiger partial charge in [-0.15, -0.1) is 0 Å². The molecule has 0 aliphatic heterocycles. The lowest BCUT2D eigenvalue weighted by molar-refractivity contribution is 0.638. The van der Waals surface area contributed by atoms with Gasteiger partial charge in [0.15, 0.2) is 0 Å². The minimum Gasteiger partial charge on any atom is -0.456 e. The van der Waals surface area contributed by atoms with Crippen molar-refractivity contribution in [1.29, 1.82) is 0 Å². The highest BCUT2D eigenvalue weighted by Gasteiger charge is 2.24. The number of aryl methyl sites for hydroxylation is 2. The van der Waals surface area contributed by atoms with E-state index in [0.29, 0.717) is 0 Å². The van der Waals surface area contributed by atoms with Gasteiger partial charge < -0.3 is 27.5 Å². The molecule has 0 saturated heterocycles. The molecule has 15 aromatic rings. The quantitative estimate of drug-likeness (QED) is 0.159. The van der Waals surface area contributed by atoms with Gasteiger partial charge in [-0.3, -0.25) is 0 Å². The van der Waals surface area contributed by atoms with Crippen molar-refractivity contribution in [3.63, 3.8) is 0 Å². The number of anilines is 6. The van der Waals surface area contributed by atoms with Gasteiger partial charge in [0, 0.05) is 82.8 Å². The van der Waals surface area contributed by atoms with Crippen LogP contribution in [0.25, 0.3) is 109 Å². The van der Waals surface area contributed by atoms with Crippen LogP contribution in [0.15, 0.2) is 218 Å². The molecule has 0 spiro atoms. The minimum atomic E-state index is 0.134. The summed E-state index contributed by atoms with van der Waals surface area (Å²) in [6.07, 6.45) is 0. The highest BCUT2D eigenvalue weighted by molar-refractivity contribution is 6.20. The lowest BCUT2D eigenvalue weighted by Crippen LogP contribution is -2.09. The molecule has 4 heterocycles. The molecule has 0 aliphatic rings. The fourth-order valence-corrected chi connectivity index (χ4v) is 11.4. The Morgan fingerprint density at radius 3 is 1.12 bits per heavy atom. The van der Waals surface area contributed by atoms with E-state index >= 15 is 0 Å². The summed E-state index contributed by atoms with van der Waals surface area (Å²) in [6, 6.07) is 71.7. The van der Waals surface area contributed by atoms with Crippen molar-refractivity contribution in [2.24, 2.45) is 0 Å². The Hall–Kier alpha value is -9.26. The Morgan fingerprint density at radius 1 is 0.288 bits per heavy atom. The van der Waals surface area contributed by atoms with Crippen LogP contribution in [0, 0.1) is 13.8 Å². The van der Waals surface area contributed by atoms with Gasteiger partial charge in [0.2, 0.25) is 0 Å². The Balaban J connectivity index is 0.852. The first-order valence-corrected chi connectivity index (χ1v) is 25.1. The molecule has 6 heteroatoms. The van der Waals surface area contributed by atoms with Crippen molar-refractivity contribution in [2.75, 3.05) is 9.80 Å². The molecule has 6 nitrogen and oxygen atoms in total. The average molecular weight is 943 g/mol. The van der Waals surface area contributed by atoms with E-state index in [1.807, 2.05) is 24.3 Å². The van der Waals surface area contributed by atoms with Gasteiger partial charge in [-0.05, 0) is 169 Å². The molecular formula is C67H46N2O4. The Morgan fingerprint density at radius 2 is 0.671 bits per heavy atom. The average Bonchev–Trinajstić information content (AvgIpc) is 4.17. The topological polar surface area (TPSA) is 59.0 Å². The van der Waals surface area contributed by atoms with Crippen LogP contribution >= 0.6 is 0 Å². The molecule has 0 unspecified atom stereocenters. The summed E-state index contributed by atoms with van der Waals surface area (Å²) in [5.41, 5.74) is 16.8. The molecule has 15 rings (SSSR count). The first-order valence-electron chi connectivity index (χ1n) is 25.1. The number of rotatable bonds is 7. The zero-order valence-electron chi connectivity index (χ0n) is 40.7. The van der Waals surface area contributed by atoms with Gasteiger partial charge >= 0.3 is 0 Å². The van der Waals surface area contributed by atoms with Crippen molar-refractivity contribution in [2.45, 2.75) is 33.6 Å². The van der Waals surface area contributed by atoms with E-state index in [0.717, 1.165) is 149 Å². The largest absolute Gasteiger partial charge is 0.456 e. The summed E-state index contributed by atoms with van der Waals surface area (Å²) in [7, 11) is 0. The monoisotopic (exact) mass is 942 g/mol. The molecule has 0 saturated carbocycles. The smallest absolute Gasteiger partial charge is 0.142 e. The van der Waals surface area contributed by atoms with Crippen molar-refractivity contribution in [3.8, 4) is 0 Å². The zero-order chi connectivity index (χ0) is 48.6. The highest BCUT2D eigenvalue weighted by atomic mass is 16.3. The van der Waals surface area contributed by atoms with E-state index in [1.165, 1.54) is 11.1 Å². The molecule has 0 aliphatic carbocycles. The van der Waals surface area contributed by atoms with Crippen LogP contribution in [0.1, 0.15) is 36.5 Å². The normalized spacial score (nSPS) is 12.2. The second kappa shape index (κ2) is 15.6. The van der Waals surface area contributed by atoms with Crippen LogP contribution in [0.5, 0.6) is 0 Å². The van der Waals surface area contributed by atoms with E-state index in [4.69, 9.17) is 17.7 Å². The van der Waals surface area contributed by atoms with Gasteiger partial charge in [0.25, 0.3) is 0 Å². The van der Waals surface area contributed by atoms with E-state index < -0.39 is 0 Å². The third kappa shape index (κ3) is 6.50. The van der Waals surface area contributed by atoms with E-state index in [-0.39, 0.29) is 5.92 Å². The van der Waals surface area contributed by atoms with E-state index in [1.54, 1.807) is 0 Å². The number of benzene rings is 11. The fourth-order valence-electron chi connectivity index (χ4n) is 11.4. The van der Waals surface area contributed by atoms with Crippen LogP contribution < -0.4 is 9.80 Å². The maximum atomic E-state index is 6.98. The van der Waals surface area contributed by atoms with Crippen LogP contribution in [0.3, 0.4) is 0 Å². The molecule has 11 aromatic carbocycles. The number of fused-ring (bicyclic) bond motifs is 14. The Bertz CT molecular complexity index is 4440. The molecule has 0 fully saturated rings. The second-order valence-electron chi connectivity index (χ2n) is 20.1. The summed E-state index contributed by atoms with van der Waals surface area (Å²) in [6.45, 7) is 8.71. The fraction of sp³-hybridized carbons (Fsp3) is 0.0746. The van der Waals surface area contributed by atoms with Gasteiger partial charge in [-0.1, -0.05) is 97.8 Å².